The van der Waals surface area contributed by atoms with Gasteiger partial charge in [-0.05, 0) is 66.5 Å². The van der Waals surface area contributed by atoms with Crippen LogP contribution in [0, 0.1) is 13.8 Å². The Balaban J connectivity index is 1.77. The van der Waals surface area contributed by atoms with Crippen LogP contribution >= 0.6 is 0 Å². The summed E-state index contributed by atoms with van der Waals surface area (Å²) >= 11 is 0. The molecule has 0 unspecified atom stereocenters. The van der Waals surface area contributed by atoms with Crippen LogP contribution in [-0.4, -0.2) is 0 Å². The molecule has 0 fully saturated rings. The van der Waals surface area contributed by atoms with Crippen LogP contribution in [0.2, 0.25) is 0 Å². The van der Waals surface area contributed by atoms with Crippen molar-refractivity contribution in [1.29, 1.82) is 0 Å². The highest BCUT2D eigenvalue weighted by molar-refractivity contribution is 5.84. The highest BCUT2D eigenvalue weighted by Gasteiger charge is 2.44. The maximum atomic E-state index is 2.56. The van der Waals surface area contributed by atoms with Crippen molar-refractivity contribution in [2.75, 3.05) is 0 Å². The predicted octanol–water partition coefficient (Wildman–Crippen LogP) is 10.5. The summed E-state index contributed by atoms with van der Waals surface area (Å²) in [6, 6.07) is 24.0. The molecule has 0 saturated heterocycles. The van der Waals surface area contributed by atoms with E-state index in [1.165, 1.54) is 122 Å². The highest BCUT2D eigenvalue weighted by atomic mass is 14.5. The standard InChI is InChI=1S/C35H46/c1-5-7-9-11-12-14-23-35(30-18-15-17-29(26-30)16-13-10-8-6-2)33-24-27(3)19-21-31(33)32-22-20-28(4)25-34(32)35/h15,17-22,24-26H,5-14,16,23H2,1-4H3. The fraction of sp³-hybridized carbons (Fsp3) is 0.486. The van der Waals surface area contributed by atoms with Crippen molar-refractivity contribution < 1.29 is 0 Å². The van der Waals surface area contributed by atoms with Crippen LogP contribution < -0.4 is 0 Å². The van der Waals surface area contributed by atoms with Crippen LogP contribution in [0.15, 0.2) is 60.7 Å². The number of unbranched alkanes of at least 4 members (excludes halogenated alkanes) is 8. The van der Waals surface area contributed by atoms with E-state index in [1.54, 1.807) is 0 Å². The zero-order valence-electron chi connectivity index (χ0n) is 22.8. The molecule has 1 aliphatic carbocycles. The number of hydrogen-bond donors (Lipinski definition) is 0. The first kappa shape index (κ1) is 25.7. The second-order valence-corrected chi connectivity index (χ2v) is 11.0. The van der Waals surface area contributed by atoms with E-state index in [0.717, 1.165) is 0 Å². The van der Waals surface area contributed by atoms with Crippen LogP contribution in [0.25, 0.3) is 11.1 Å². The van der Waals surface area contributed by atoms with Gasteiger partial charge in [0.1, 0.15) is 0 Å². The van der Waals surface area contributed by atoms with Crippen molar-refractivity contribution in [3.8, 4) is 11.1 Å². The fourth-order valence-corrected chi connectivity index (χ4v) is 6.28. The lowest BCUT2D eigenvalue weighted by atomic mass is 9.68. The van der Waals surface area contributed by atoms with Gasteiger partial charge in [0.05, 0.1) is 0 Å². The average Bonchev–Trinajstić information content (AvgIpc) is 3.13. The molecule has 0 heteroatoms. The van der Waals surface area contributed by atoms with E-state index in [-0.39, 0.29) is 5.41 Å². The smallest absolute Gasteiger partial charge is 0.0463 e. The lowest BCUT2D eigenvalue weighted by molar-refractivity contribution is 0.505. The Morgan fingerprint density at radius 3 is 1.77 bits per heavy atom. The fourth-order valence-electron chi connectivity index (χ4n) is 6.28. The van der Waals surface area contributed by atoms with Gasteiger partial charge < -0.3 is 0 Å². The minimum atomic E-state index is -0.0348. The Labute approximate surface area is 215 Å². The van der Waals surface area contributed by atoms with Crippen molar-refractivity contribution in [2.45, 2.75) is 110 Å². The summed E-state index contributed by atoms with van der Waals surface area (Å²) in [4.78, 5) is 0. The van der Waals surface area contributed by atoms with Crippen molar-refractivity contribution in [2.24, 2.45) is 0 Å². The molecule has 0 saturated carbocycles. The summed E-state index contributed by atoms with van der Waals surface area (Å²) in [5.41, 5.74) is 11.7. The zero-order chi connectivity index (χ0) is 24.7. The minimum absolute atomic E-state index is 0.0348. The van der Waals surface area contributed by atoms with Gasteiger partial charge in [-0.25, -0.2) is 0 Å². The van der Waals surface area contributed by atoms with E-state index < -0.39 is 0 Å². The molecule has 1 aliphatic rings. The van der Waals surface area contributed by atoms with Gasteiger partial charge in [0.2, 0.25) is 0 Å². The minimum Gasteiger partial charge on any atom is -0.0654 e. The second kappa shape index (κ2) is 12.1. The molecule has 0 amide bonds. The number of aryl methyl sites for hydroxylation is 3. The Kier molecular flexibility index (Phi) is 8.88. The molecule has 35 heavy (non-hydrogen) atoms. The normalized spacial score (nSPS) is 13.6. The molecule has 0 bridgehead atoms. The van der Waals surface area contributed by atoms with Gasteiger partial charge in [0, 0.05) is 5.41 Å². The average molecular weight is 467 g/mol. The van der Waals surface area contributed by atoms with Gasteiger partial charge in [0.25, 0.3) is 0 Å². The van der Waals surface area contributed by atoms with Crippen molar-refractivity contribution in [3.05, 3.63) is 94.0 Å². The summed E-state index contributed by atoms with van der Waals surface area (Å²) in [6.45, 7) is 9.12. The molecule has 3 aromatic rings. The number of rotatable bonds is 13. The van der Waals surface area contributed by atoms with Gasteiger partial charge in [0.15, 0.2) is 0 Å². The lowest BCUT2D eigenvalue weighted by Crippen LogP contribution is -2.27. The molecule has 0 heterocycles. The highest BCUT2D eigenvalue weighted by Crippen LogP contribution is 2.55. The first-order chi connectivity index (χ1) is 17.1. The molecule has 0 aliphatic heterocycles. The topological polar surface area (TPSA) is 0 Å². The van der Waals surface area contributed by atoms with E-state index in [1.807, 2.05) is 0 Å². The molecule has 0 radical (unpaired) electrons. The summed E-state index contributed by atoms with van der Waals surface area (Å²) in [6.07, 6.45) is 15.7. The Morgan fingerprint density at radius 2 is 1.14 bits per heavy atom. The molecule has 0 atom stereocenters. The van der Waals surface area contributed by atoms with Gasteiger partial charge in [-0.3, -0.25) is 0 Å². The van der Waals surface area contributed by atoms with Crippen LogP contribution in [0.3, 0.4) is 0 Å². The van der Waals surface area contributed by atoms with E-state index in [0.29, 0.717) is 0 Å². The van der Waals surface area contributed by atoms with Gasteiger partial charge >= 0.3 is 0 Å². The van der Waals surface area contributed by atoms with Gasteiger partial charge in [-0.15, -0.1) is 0 Å². The SMILES string of the molecule is CCCCCCCCC1(c2cccc(CCCCCC)c2)c2cc(C)ccc2-c2ccc(C)cc21. The first-order valence-corrected chi connectivity index (χ1v) is 14.4. The maximum absolute atomic E-state index is 2.56. The van der Waals surface area contributed by atoms with Crippen molar-refractivity contribution in [3.63, 3.8) is 0 Å². The van der Waals surface area contributed by atoms with Gasteiger partial charge in [-0.2, -0.15) is 0 Å². The van der Waals surface area contributed by atoms with E-state index in [2.05, 4.69) is 88.4 Å². The van der Waals surface area contributed by atoms with E-state index in [4.69, 9.17) is 0 Å². The third-order valence-electron chi connectivity index (χ3n) is 8.20. The summed E-state index contributed by atoms with van der Waals surface area (Å²) in [7, 11) is 0. The van der Waals surface area contributed by atoms with Crippen LogP contribution in [-0.2, 0) is 11.8 Å². The Bertz CT molecular complexity index is 1050. The number of benzene rings is 3. The molecule has 0 N–H and O–H groups in total. The van der Waals surface area contributed by atoms with Crippen LogP contribution in [0.4, 0.5) is 0 Å². The molecule has 3 aromatic carbocycles. The largest absolute Gasteiger partial charge is 0.0654 e. The predicted molar refractivity (Wildman–Crippen MR) is 154 cm³/mol. The molecular weight excluding hydrogens is 420 g/mol. The van der Waals surface area contributed by atoms with E-state index in [9.17, 15) is 0 Å². The second-order valence-electron chi connectivity index (χ2n) is 11.0. The number of fused-ring (bicyclic) bond motifs is 3. The molecule has 186 valence electrons. The van der Waals surface area contributed by atoms with E-state index >= 15 is 0 Å². The molecule has 4 rings (SSSR count). The van der Waals surface area contributed by atoms with Gasteiger partial charge in [-0.1, -0.05) is 143 Å². The number of hydrogen-bond acceptors (Lipinski definition) is 0. The zero-order valence-corrected chi connectivity index (χ0v) is 22.8. The van der Waals surface area contributed by atoms with Crippen molar-refractivity contribution >= 4 is 0 Å². The summed E-state index contributed by atoms with van der Waals surface area (Å²) in [5, 5.41) is 0. The lowest BCUT2D eigenvalue weighted by Gasteiger charge is -2.34. The Morgan fingerprint density at radius 1 is 0.571 bits per heavy atom. The Hall–Kier alpha value is -2.34. The first-order valence-electron chi connectivity index (χ1n) is 14.4. The summed E-state index contributed by atoms with van der Waals surface area (Å²) < 4.78 is 0. The van der Waals surface area contributed by atoms with Crippen molar-refractivity contribution in [1.82, 2.24) is 0 Å². The maximum Gasteiger partial charge on any atom is 0.0463 e. The molecule has 0 aromatic heterocycles. The monoisotopic (exact) mass is 466 g/mol. The third-order valence-corrected chi connectivity index (χ3v) is 8.20. The molecular formula is C35H46. The summed E-state index contributed by atoms with van der Waals surface area (Å²) in [5.74, 6) is 0. The quantitative estimate of drug-likeness (QED) is 0.220. The third kappa shape index (κ3) is 5.58. The van der Waals surface area contributed by atoms with Crippen LogP contribution in [0.5, 0.6) is 0 Å². The molecule has 0 spiro atoms. The van der Waals surface area contributed by atoms with Crippen LogP contribution in [0.1, 0.15) is 118 Å². The molecule has 0 nitrogen and oxygen atoms in total.